The molecule has 1 aliphatic rings. The number of amides is 1. The number of ether oxygens (including phenoxy) is 1. The standard InChI is InChI=1S/C19H28FN3O4/c1-11(2)21-15-9-16(14(20)8-13(15)17(24)25)23-7-6-12(10-23)22-18(26)27-19(3,4)5/h8-9,11-12,21H,6-7,10H2,1-5H3,(H,22,26)(H,24,25). The zero-order valence-corrected chi connectivity index (χ0v) is 16.4. The molecule has 0 radical (unpaired) electrons. The number of carboxylic acids is 1. The van der Waals surface area contributed by atoms with Gasteiger partial charge in [-0.25, -0.2) is 14.0 Å². The van der Waals surface area contributed by atoms with Crippen molar-refractivity contribution in [3.63, 3.8) is 0 Å². The number of nitrogens with one attached hydrogen (secondary N) is 2. The highest BCUT2D eigenvalue weighted by molar-refractivity contribution is 5.95. The van der Waals surface area contributed by atoms with Gasteiger partial charge in [-0.1, -0.05) is 0 Å². The molecular formula is C19H28FN3O4. The Hall–Kier alpha value is -2.51. The molecular weight excluding hydrogens is 353 g/mol. The molecule has 1 unspecified atom stereocenters. The first-order chi connectivity index (χ1) is 12.5. The quantitative estimate of drug-likeness (QED) is 0.724. The third-order valence-corrected chi connectivity index (χ3v) is 4.01. The van der Waals surface area contributed by atoms with Gasteiger partial charge in [0.15, 0.2) is 0 Å². The Kier molecular flexibility index (Phi) is 6.18. The smallest absolute Gasteiger partial charge is 0.407 e. The maximum Gasteiger partial charge on any atom is 0.407 e. The summed E-state index contributed by atoms with van der Waals surface area (Å²) in [5.41, 5.74) is 0.000118. The minimum absolute atomic E-state index is 0.00146. The van der Waals surface area contributed by atoms with Crippen LogP contribution in [0.15, 0.2) is 12.1 Å². The van der Waals surface area contributed by atoms with E-state index in [0.29, 0.717) is 30.9 Å². The summed E-state index contributed by atoms with van der Waals surface area (Å²) in [6, 6.07) is 2.40. The Bertz CT molecular complexity index is 716. The predicted molar refractivity (Wildman–Crippen MR) is 102 cm³/mol. The first kappa shape index (κ1) is 20.8. The number of rotatable bonds is 5. The van der Waals surface area contributed by atoms with Crippen LogP contribution in [0, 0.1) is 5.82 Å². The fourth-order valence-electron chi connectivity index (χ4n) is 2.98. The lowest BCUT2D eigenvalue weighted by Gasteiger charge is -2.23. The van der Waals surface area contributed by atoms with Gasteiger partial charge in [-0.2, -0.15) is 0 Å². The van der Waals surface area contributed by atoms with Gasteiger partial charge in [0, 0.05) is 19.1 Å². The summed E-state index contributed by atoms with van der Waals surface area (Å²) in [7, 11) is 0. The molecule has 1 aromatic rings. The monoisotopic (exact) mass is 381 g/mol. The average Bonchev–Trinajstić information content (AvgIpc) is 2.93. The first-order valence-electron chi connectivity index (χ1n) is 9.04. The maximum atomic E-state index is 14.5. The van der Waals surface area contributed by atoms with Crippen LogP contribution in [0.25, 0.3) is 0 Å². The predicted octanol–water partition coefficient (Wildman–Crippen LogP) is 3.45. The van der Waals surface area contributed by atoms with E-state index in [1.807, 2.05) is 13.8 Å². The topological polar surface area (TPSA) is 90.9 Å². The number of hydrogen-bond donors (Lipinski definition) is 3. The number of alkyl carbamates (subject to hydrolysis) is 1. The molecule has 0 saturated carbocycles. The third-order valence-electron chi connectivity index (χ3n) is 4.01. The van der Waals surface area contributed by atoms with Gasteiger partial charge in [0.05, 0.1) is 23.0 Å². The summed E-state index contributed by atoms with van der Waals surface area (Å²) in [6.07, 6.45) is 0.143. The number of nitrogens with zero attached hydrogens (tertiary/aromatic N) is 1. The minimum atomic E-state index is -1.19. The third kappa shape index (κ3) is 5.74. The van der Waals surface area contributed by atoms with E-state index in [0.717, 1.165) is 6.07 Å². The molecule has 0 bridgehead atoms. The van der Waals surface area contributed by atoms with E-state index >= 15 is 0 Å². The Morgan fingerprint density at radius 2 is 2.00 bits per heavy atom. The summed E-state index contributed by atoms with van der Waals surface area (Å²) in [6.45, 7) is 10.1. The SMILES string of the molecule is CC(C)Nc1cc(N2CCC(NC(=O)OC(C)(C)C)C2)c(F)cc1C(=O)O. The number of carbonyl (C=O) groups is 2. The average molecular weight is 381 g/mol. The van der Waals surface area contributed by atoms with Crippen molar-refractivity contribution < 1.29 is 23.8 Å². The molecule has 1 aliphatic heterocycles. The first-order valence-corrected chi connectivity index (χ1v) is 9.04. The Balaban J connectivity index is 2.14. The number of benzene rings is 1. The van der Waals surface area contributed by atoms with E-state index in [2.05, 4.69) is 10.6 Å². The molecule has 1 fully saturated rings. The number of aromatic carboxylic acids is 1. The molecule has 1 aromatic carbocycles. The number of carboxylic acid groups (broad SMARTS) is 1. The molecule has 2 rings (SSSR count). The van der Waals surface area contributed by atoms with Crippen LogP contribution in [0.2, 0.25) is 0 Å². The van der Waals surface area contributed by atoms with Gasteiger partial charge in [-0.05, 0) is 53.2 Å². The van der Waals surface area contributed by atoms with Crippen molar-refractivity contribution >= 4 is 23.4 Å². The highest BCUT2D eigenvalue weighted by atomic mass is 19.1. The second kappa shape index (κ2) is 8.02. The highest BCUT2D eigenvalue weighted by Crippen LogP contribution is 2.30. The van der Waals surface area contributed by atoms with E-state index in [4.69, 9.17) is 4.74 Å². The second-order valence-electron chi connectivity index (χ2n) is 8.03. The van der Waals surface area contributed by atoms with Crippen LogP contribution in [0.1, 0.15) is 51.4 Å². The lowest BCUT2D eigenvalue weighted by molar-refractivity contribution is 0.0508. The fourth-order valence-corrected chi connectivity index (χ4v) is 2.98. The molecule has 1 heterocycles. The molecule has 1 atom stereocenters. The molecule has 8 heteroatoms. The molecule has 3 N–H and O–H groups in total. The normalized spacial score (nSPS) is 17.1. The number of anilines is 2. The number of hydrogen-bond acceptors (Lipinski definition) is 5. The van der Waals surface area contributed by atoms with Crippen molar-refractivity contribution in [2.45, 2.75) is 58.7 Å². The van der Waals surface area contributed by atoms with Gasteiger partial charge in [-0.3, -0.25) is 0 Å². The molecule has 150 valence electrons. The molecule has 1 saturated heterocycles. The van der Waals surface area contributed by atoms with E-state index in [9.17, 15) is 19.1 Å². The zero-order chi connectivity index (χ0) is 20.4. The van der Waals surface area contributed by atoms with Crippen molar-refractivity contribution in [2.24, 2.45) is 0 Å². The molecule has 0 aliphatic carbocycles. The van der Waals surface area contributed by atoms with Crippen LogP contribution < -0.4 is 15.5 Å². The van der Waals surface area contributed by atoms with E-state index < -0.39 is 23.5 Å². The summed E-state index contributed by atoms with van der Waals surface area (Å²) in [5, 5.41) is 15.2. The Labute approximate surface area is 158 Å². The van der Waals surface area contributed by atoms with Gasteiger partial charge in [0.2, 0.25) is 0 Å². The summed E-state index contributed by atoms with van der Waals surface area (Å²) >= 11 is 0. The van der Waals surface area contributed by atoms with E-state index in [1.165, 1.54) is 6.07 Å². The van der Waals surface area contributed by atoms with Crippen molar-refractivity contribution in [3.05, 3.63) is 23.5 Å². The molecule has 0 aromatic heterocycles. The van der Waals surface area contributed by atoms with Crippen molar-refractivity contribution in [2.75, 3.05) is 23.3 Å². The summed E-state index contributed by atoms with van der Waals surface area (Å²) in [5.74, 6) is -1.78. The van der Waals surface area contributed by atoms with Crippen molar-refractivity contribution in [1.82, 2.24) is 5.32 Å². The van der Waals surface area contributed by atoms with E-state index in [1.54, 1.807) is 25.7 Å². The van der Waals surface area contributed by atoms with Crippen molar-refractivity contribution in [3.8, 4) is 0 Å². The van der Waals surface area contributed by atoms with Gasteiger partial charge in [0.25, 0.3) is 0 Å². The van der Waals surface area contributed by atoms with Crippen LogP contribution in [0.4, 0.5) is 20.6 Å². The van der Waals surface area contributed by atoms with Crippen LogP contribution in [0.5, 0.6) is 0 Å². The Morgan fingerprint density at radius 3 is 2.56 bits per heavy atom. The zero-order valence-electron chi connectivity index (χ0n) is 16.4. The van der Waals surface area contributed by atoms with Crippen LogP contribution >= 0.6 is 0 Å². The van der Waals surface area contributed by atoms with Gasteiger partial charge >= 0.3 is 12.1 Å². The van der Waals surface area contributed by atoms with Crippen LogP contribution in [-0.4, -0.2) is 47.9 Å². The largest absolute Gasteiger partial charge is 0.478 e. The van der Waals surface area contributed by atoms with Gasteiger partial charge < -0.3 is 25.4 Å². The number of halogens is 1. The maximum absolute atomic E-state index is 14.5. The molecule has 27 heavy (non-hydrogen) atoms. The molecule has 0 spiro atoms. The lowest BCUT2D eigenvalue weighted by atomic mass is 10.1. The highest BCUT2D eigenvalue weighted by Gasteiger charge is 2.28. The van der Waals surface area contributed by atoms with Crippen LogP contribution in [-0.2, 0) is 4.74 Å². The Morgan fingerprint density at radius 1 is 1.33 bits per heavy atom. The van der Waals surface area contributed by atoms with E-state index in [-0.39, 0.29) is 17.6 Å². The van der Waals surface area contributed by atoms with Gasteiger partial charge in [0.1, 0.15) is 11.4 Å². The number of carbonyl (C=O) groups excluding carboxylic acids is 1. The minimum Gasteiger partial charge on any atom is -0.478 e. The second-order valence-corrected chi connectivity index (χ2v) is 8.03. The summed E-state index contributed by atoms with van der Waals surface area (Å²) in [4.78, 5) is 25.1. The van der Waals surface area contributed by atoms with Gasteiger partial charge in [-0.15, -0.1) is 0 Å². The van der Waals surface area contributed by atoms with Crippen LogP contribution in [0.3, 0.4) is 0 Å². The fraction of sp³-hybridized carbons (Fsp3) is 0.579. The van der Waals surface area contributed by atoms with Crippen molar-refractivity contribution in [1.29, 1.82) is 0 Å². The molecule has 7 nitrogen and oxygen atoms in total. The summed E-state index contributed by atoms with van der Waals surface area (Å²) < 4.78 is 19.8. The molecule has 1 amide bonds. The lowest BCUT2D eigenvalue weighted by Crippen LogP contribution is -2.40.